The van der Waals surface area contributed by atoms with Crippen LogP contribution in [0.3, 0.4) is 0 Å². The first kappa shape index (κ1) is 11.6. The van der Waals surface area contributed by atoms with Crippen molar-refractivity contribution >= 4 is 5.97 Å². The summed E-state index contributed by atoms with van der Waals surface area (Å²) in [6, 6.07) is 4.46. The number of carboxylic acids is 1. The largest absolute Gasteiger partial charge is 0.507 e. The van der Waals surface area contributed by atoms with E-state index < -0.39 is 5.97 Å². The van der Waals surface area contributed by atoms with Crippen LogP contribution in [0.4, 0.5) is 0 Å². The molecule has 0 aliphatic rings. The molecule has 0 aliphatic carbocycles. The minimum absolute atomic E-state index is 0. The maximum absolute atomic E-state index is 10.4. The molecule has 12 heavy (non-hydrogen) atoms. The molecular weight excluding hydrogens is 233 g/mol. The van der Waals surface area contributed by atoms with Gasteiger partial charge in [0.2, 0.25) is 0 Å². The summed E-state index contributed by atoms with van der Waals surface area (Å²) in [4.78, 5) is 10.4. The van der Waals surface area contributed by atoms with Crippen molar-refractivity contribution in [1.82, 2.24) is 0 Å². The number of aromatic carboxylic acids is 1. The summed E-state index contributed by atoms with van der Waals surface area (Å²) < 4.78 is 0. The van der Waals surface area contributed by atoms with E-state index in [-0.39, 0.29) is 44.0 Å². The number of carboxylic acid groups (broad SMARTS) is 1. The second-order valence-corrected chi connectivity index (χ2v) is 2.33. The molecule has 0 atom stereocenters. The van der Waals surface area contributed by atoms with Crippen molar-refractivity contribution in [2.75, 3.05) is 0 Å². The van der Waals surface area contributed by atoms with Crippen LogP contribution in [0.2, 0.25) is 0 Å². The molecule has 61 valence electrons. The summed E-state index contributed by atoms with van der Waals surface area (Å²) >= 11 is 0. The fourth-order valence-corrected chi connectivity index (χ4v) is 0.821. The molecule has 0 aliphatic heterocycles. The van der Waals surface area contributed by atoms with Gasteiger partial charge in [-0.1, -0.05) is 11.6 Å². The summed E-state index contributed by atoms with van der Waals surface area (Å²) in [6.07, 6.45) is 0. The summed E-state index contributed by atoms with van der Waals surface area (Å²) in [7, 11) is 0. The van der Waals surface area contributed by atoms with Crippen LogP contribution in [0.1, 0.15) is 15.9 Å². The van der Waals surface area contributed by atoms with E-state index in [0.717, 1.165) is 5.56 Å². The SMILES string of the molecule is Cc1ccc(O)c(C(=O)O)c1.[Y]. The predicted octanol–water partition coefficient (Wildman–Crippen LogP) is 1.40. The summed E-state index contributed by atoms with van der Waals surface area (Å²) in [5.41, 5.74) is 0.769. The molecule has 0 unspecified atom stereocenters. The number of benzene rings is 1. The van der Waals surface area contributed by atoms with Crippen LogP contribution in [-0.2, 0) is 32.7 Å². The number of aromatic hydroxyl groups is 1. The number of hydrogen-bond acceptors (Lipinski definition) is 2. The van der Waals surface area contributed by atoms with Gasteiger partial charge in [-0.3, -0.25) is 0 Å². The Morgan fingerprint density at radius 1 is 1.42 bits per heavy atom. The monoisotopic (exact) mass is 241 g/mol. The number of rotatable bonds is 1. The van der Waals surface area contributed by atoms with Crippen molar-refractivity contribution in [3.05, 3.63) is 29.3 Å². The fraction of sp³-hybridized carbons (Fsp3) is 0.125. The molecule has 3 nitrogen and oxygen atoms in total. The van der Waals surface area contributed by atoms with Crippen molar-refractivity contribution in [3.63, 3.8) is 0 Å². The maximum atomic E-state index is 10.4. The van der Waals surface area contributed by atoms with Gasteiger partial charge in [-0.15, -0.1) is 0 Å². The molecule has 0 saturated heterocycles. The van der Waals surface area contributed by atoms with Gasteiger partial charge in [0.1, 0.15) is 11.3 Å². The third-order valence-electron chi connectivity index (χ3n) is 1.38. The molecule has 0 amide bonds. The van der Waals surface area contributed by atoms with Crippen molar-refractivity contribution in [2.45, 2.75) is 6.92 Å². The Labute approximate surface area is 95.3 Å². The molecule has 4 heteroatoms. The van der Waals surface area contributed by atoms with Crippen LogP contribution in [0, 0.1) is 6.92 Å². The summed E-state index contributed by atoms with van der Waals surface area (Å²) in [6.45, 7) is 1.77. The first-order valence-electron chi connectivity index (χ1n) is 3.14. The third kappa shape index (κ3) is 2.57. The second-order valence-electron chi connectivity index (χ2n) is 2.33. The average Bonchev–Trinajstić information content (AvgIpc) is 1.94. The number of carbonyl (C=O) groups is 1. The van der Waals surface area contributed by atoms with E-state index in [1.165, 1.54) is 12.1 Å². The van der Waals surface area contributed by atoms with Gasteiger partial charge in [0, 0.05) is 32.7 Å². The molecular formula is C8H8O3Y. The second kappa shape index (κ2) is 4.58. The van der Waals surface area contributed by atoms with Gasteiger partial charge in [0.15, 0.2) is 0 Å². The average molecular weight is 241 g/mol. The van der Waals surface area contributed by atoms with Crippen LogP contribution in [0.15, 0.2) is 18.2 Å². The molecule has 0 saturated carbocycles. The van der Waals surface area contributed by atoms with Gasteiger partial charge < -0.3 is 10.2 Å². The first-order valence-corrected chi connectivity index (χ1v) is 3.14. The summed E-state index contributed by atoms with van der Waals surface area (Å²) in [5.74, 6) is -1.30. The van der Waals surface area contributed by atoms with Crippen molar-refractivity contribution < 1.29 is 47.7 Å². The Hall–Kier alpha value is -0.406. The Morgan fingerprint density at radius 2 is 2.00 bits per heavy atom. The van der Waals surface area contributed by atoms with Gasteiger partial charge >= 0.3 is 5.97 Å². The van der Waals surface area contributed by atoms with Crippen molar-refractivity contribution in [3.8, 4) is 5.75 Å². The zero-order chi connectivity index (χ0) is 8.43. The van der Waals surface area contributed by atoms with Crippen LogP contribution >= 0.6 is 0 Å². The summed E-state index contributed by atoms with van der Waals surface area (Å²) in [5, 5.41) is 17.6. The predicted molar refractivity (Wildman–Crippen MR) is 39.8 cm³/mol. The molecule has 1 aromatic carbocycles. The van der Waals surface area contributed by atoms with Gasteiger partial charge in [0.05, 0.1) is 0 Å². The maximum Gasteiger partial charge on any atom is 0.339 e. The molecule has 0 aromatic heterocycles. The standard InChI is InChI=1S/C8H8O3.Y/c1-5-2-3-7(9)6(4-5)8(10)11;/h2-4,9H,1H3,(H,10,11);. The molecule has 0 bridgehead atoms. The molecule has 1 aromatic rings. The Bertz CT molecular complexity index is 296. The van der Waals surface area contributed by atoms with E-state index in [1.54, 1.807) is 13.0 Å². The molecule has 0 fully saturated rings. The topological polar surface area (TPSA) is 57.5 Å². The number of aryl methyl sites for hydroxylation is 1. The zero-order valence-electron chi connectivity index (χ0n) is 6.61. The number of hydrogen-bond donors (Lipinski definition) is 2. The minimum Gasteiger partial charge on any atom is -0.507 e. The smallest absolute Gasteiger partial charge is 0.339 e. The van der Waals surface area contributed by atoms with E-state index in [4.69, 9.17) is 10.2 Å². The van der Waals surface area contributed by atoms with Gasteiger partial charge in [-0.05, 0) is 19.1 Å². The van der Waals surface area contributed by atoms with Crippen LogP contribution in [0.5, 0.6) is 5.75 Å². The number of phenols is 1. The minimum atomic E-state index is -1.11. The van der Waals surface area contributed by atoms with E-state index in [9.17, 15) is 4.79 Å². The fourth-order valence-electron chi connectivity index (χ4n) is 0.821. The van der Waals surface area contributed by atoms with E-state index in [2.05, 4.69) is 0 Å². The van der Waals surface area contributed by atoms with Gasteiger partial charge in [0.25, 0.3) is 0 Å². The Kier molecular flexibility index (Phi) is 4.42. The molecule has 0 spiro atoms. The third-order valence-corrected chi connectivity index (χ3v) is 1.38. The van der Waals surface area contributed by atoms with Gasteiger partial charge in [-0.25, -0.2) is 4.79 Å². The van der Waals surface area contributed by atoms with Crippen LogP contribution < -0.4 is 0 Å². The van der Waals surface area contributed by atoms with E-state index in [1.807, 2.05) is 0 Å². The van der Waals surface area contributed by atoms with Crippen molar-refractivity contribution in [2.24, 2.45) is 0 Å². The molecule has 1 rings (SSSR count). The Balaban J connectivity index is 0.00000121. The normalized spacial score (nSPS) is 8.75. The molecule has 2 N–H and O–H groups in total. The van der Waals surface area contributed by atoms with E-state index >= 15 is 0 Å². The van der Waals surface area contributed by atoms with E-state index in [0.29, 0.717) is 0 Å². The molecule has 0 heterocycles. The van der Waals surface area contributed by atoms with Gasteiger partial charge in [-0.2, -0.15) is 0 Å². The van der Waals surface area contributed by atoms with Crippen molar-refractivity contribution in [1.29, 1.82) is 0 Å². The Morgan fingerprint density at radius 3 is 2.42 bits per heavy atom. The van der Waals surface area contributed by atoms with Crippen LogP contribution in [0.25, 0.3) is 0 Å². The first-order chi connectivity index (χ1) is 5.11. The molecule has 1 radical (unpaired) electrons. The zero-order valence-corrected chi connectivity index (χ0v) is 9.45. The van der Waals surface area contributed by atoms with Crippen LogP contribution in [-0.4, -0.2) is 16.2 Å². The quantitative estimate of drug-likeness (QED) is 0.781.